The molecule has 108 valence electrons. The fraction of sp³-hybridized carbons (Fsp3) is 0.438. The van der Waals surface area contributed by atoms with Crippen molar-refractivity contribution in [3.8, 4) is 16.3 Å². The number of nitrogens with one attached hydrogen (secondary N) is 1. The molecule has 0 aliphatic heterocycles. The Balaban J connectivity index is 2.20. The van der Waals surface area contributed by atoms with Gasteiger partial charge in [-0.3, -0.25) is 0 Å². The average Bonchev–Trinajstić information content (AvgIpc) is 2.80. The quantitative estimate of drug-likeness (QED) is 0.818. The van der Waals surface area contributed by atoms with Crippen LogP contribution in [0.25, 0.3) is 10.6 Å². The smallest absolute Gasteiger partial charge is 0.123 e. The molecule has 1 heterocycles. The second-order valence-corrected chi connectivity index (χ2v) is 5.97. The first kappa shape index (κ1) is 15.0. The van der Waals surface area contributed by atoms with Gasteiger partial charge in [0.2, 0.25) is 0 Å². The lowest BCUT2D eigenvalue weighted by molar-refractivity contribution is 0.412. The molecule has 1 aromatic heterocycles. The number of aryl methyl sites for hydroxylation is 2. The van der Waals surface area contributed by atoms with Crippen molar-refractivity contribution in [2.45, 2.75) is 33.7 Å². The van der Waals surface area contributed by atoms with Gasteiger partial charge in [-0.1, -0.05) is 6.92 Å². The van der Waals surface area contributed by atoms with Crippen LogP contribution in [-0.2, 0) is 6.54 Å². The van der Waals surface area contributed by atoms with Crippen molar-refractivity contribution < 1.29 is 4.74 Å². The molecule has 0 aliphatic carbocycles. The van der Waals surface area contributed by atoms with Crippen molar-refractivity contribution in [1.82, 2.24) is 10.3 Å². The number of thiazole rings is 1. The number of nitrogens with zero attached hydrogens (tertiary/aromatic N) is 1. The SMILES string of the molecule is CCCNCc1sc(-c2ccc(OC)c(C)c2)nc1C. The minimum atomic E-state index is 0.909. The Labute approximate surface area is 125 Å². The second-order valence-electron chi connectivity index (χ2n) is 4.89. The minimum Gasteiger partial charge on any atom is -0.496 e. The Morgan fingerprint density at radius 3 is 2.75 bits per heavy atom. The van der Waals surface area contributed by atoms with Crippen molar-refractivity contribution in [1.29, 1.82) is 0 Å². The molecule has 0 unspecified atom stereocenters. The Morgan fingerprint density at radius 1 is 1.30 bits per heavy atom. The minimum absolute atomic E-state index is 0.909. The van der Waals surface area contributed by atoms with Crippen molar-refractivity contribution in [2.75, 3.05) is 13.7 Å². The van der Waals surface area contributed by atoms with E-state index in [2.05, 4.69) is 38.2 Å². The molecule has 0 bridgehead atoms. The van der Waals surface area contributed by atoms with Gasteiger partial charge in [-0.05, 0) is 50.6 Å². The molecule has 0 amide bonds. The van der Waals surface area contributed by atoms with E-state index < -0.39 is 0 Å². The highest BCUT2D eigenvalue weighted by Gasteiger charge is 2.10. The van der Waals surface area contributed by atoms with E-state index in [0.29, 0.717) is 0 Å². The molecule has 20 heavy (non-hydrogen) atoms. The Hall–Kier alpha value is -1.39. The van der Waals surface area contributed by atoms with Crippen LogP contribution >= 0.6 is 11.3 Å². The topological polar surface area (TPSA) is 34.1 Å². The summed E-state index contributed by atoms with van der Waals surface area (Å²) in [6.45, 7) is 8.28. The monoisotopic (exact) mass is 290 g/mol. The molecule has 0 aliphatic rings. The highest BCUT2D eigenvalue weighted by atomic mass is 32.1. The standard InChI is InChI=1S/C16H22N2OS/c1-5-8-17-10-15-12(3)18-16(20-15)13-6-7-14(19-4)11(2)9-13/h6-7,9,17H,5,8,10H2,1-4H3. The van der Waals surface area contributed by atoms with Gasteiger partial charge in [0.05, 0.1) is 12.8 Å². The Bertz CT molecular complexity index is 578. The maximum atomic E-state index is 5.30. The van der Waals surface area contributed by atoms with Gasteiger partial charge in [-0.15, -0.1) is 11.3 Å². The molecule has 1 N–H and O–H groups in total. The van der Waals surface area contributed by atoms with E-state index in [0.717, 1.165) is 47.1 Å². The maximum absolute atomic E-state index is 5.30. The van der Waals surface area contributed by atoms with Gasteiger partial charge in [0.1, 0.15) is 10.8 Å². The normalized spacial score (nSPS) is 10.8. The van der Waals surface area contributed by atoms with Crippen LogP contribution in [0, 0.1) is 13.8 Å². The summed E-state index contributed by atoms with van der Waals surface area (Å²) in [4.78, 5) is 6.02. The summed E-state index contributed by atoms with van der Waals surface area (Å²) < 4.78 is 5.30. The van der Waals surface area contributed by atoms with Gasteiger partial charge in [0, 0.05) is 17.0 Å². The van der Waals surface area contributed by atoms with Gasteiger partial charge < -0.3 is 10.1 Å². The number of rotatable bonds is 6. The Kier molecular flexibility index (Phi) is 5.15. The van der Waals surface area contributed by atoms with Gasteiger partial charge >= 0.3 is 0 Å². The third-order valence-electron chi connectivity index (χ3n) is 3.25. The molecule has 1 aromatic carbocycles. The molecule has 2 rings (SSSR count). The first-order valence-electron chi connectivity index (χ1n) is 6.97. The third kappa shape index (κ3) is 3.38. The van der Waals surface area contributed by atoms with Crippen molar-refractivity contribution in [3.05, 3.63) is 34.3 Å². The van der Waals surface area contributed by atoms with Crippen LogP contribution < -0.4 is 10.1 Å². The molecular weight excluding hydrogens is 268 g/mol. The van der Waals surface area contributed by atoms with E-state index in [1.54, 1.807) is 18.4 Å². The summed E-state index contributed by atoms with van der Waals surface area (Å²) in [6, 6.07) is 6.23. The van der Waals surface area contributed by atoms with Crippen LogP contribution in [-0.4, -0.2) is 18.6 Å². The molecule has 0 spiro atoms. The largest absolute Gasteiger partial charge is 0.496 e. The van der Waals surface area contributed by atoms with Crippen molar-refractivity contribution >= 4 is 11.3 Å². The summed E-state index contributed by atoms with van der Waals surface area (Å²) in [5.74, 6) is 0.923. The van der Waals surface area contributed by atoms with Crippen LogP contribution in [0.3, 0.4) is 0 Å². The van der Waals surface area contributed by atoms with E-state index in [9.17, 15) is 0 Å². The van der Waals surface area contributed by atoms with Gasteiger partial charge in [0.15, 0.2) is 0 Å². The Morgan fingerprint density at radius 2 is 2.10 bits per heavy atom. The fourth-order valence-corrected chi connectivity index (χ4v) is 3.13. The number of ether oxygens (including phenoxy) is 1. The number of hydrogen-bond donors (Lipinski definition) is 1. The number of benzene rings is 1. The predicted molar refractivity (Wildman–Crippen MR) is 85.6 cm³/mol. The van der Waals surface area contributed by atoms with Gasteiger partial charge in [-0.2, -0.15) is 0 Å². The van der Waals surface area contributed by atoms with E-state index in [4.69, 9.17) is 9.72 Å². The van der Waals surface area contributed by atoms with Gasteiger partial charge in [0.25, 0.3) is 0 Å². The van der Waals surface area contributed by atoms with Gasteiger partial charge in [-0.25, -0.2) is 4.98 Å². The van der Waals surface area contributed by atoms with Crippen LogP contribution in [0.4, 0.5) is 0 Å². The molecule has 0 radical (unpaired) electrons. The van der Waals surface area contributed by atoms with Crippen molar-refractivity contribution in [2.24, 2.45) is 0 Å². The van der Waals surface area contributed by atoms with E-state index in [-0.39, 0.29) is 0 Å². The lowest BCUT2D eigenvalue weighted by Gasteiger charge is -2.05. The van der Waals surface area contributed by atoms with Crippen LogP contribution in [0.5, 0.6) is 5.75 Å². The van der Waals surface area contributed by atoms with Crippen LogP contribution in [0.15, 0.2) is 18.2 Å². The molecule has 0 fully saturated rings. The maximum Gasteiger partial charge on any atom is 0.123 e. The first-order valence-corrected chi connectivity index (χ1v) is 7.79. The van der Waals surface area contributed by atoms with E-state index in [1.807, 2.05) is 6.07 Å². The lowest BCUT2D eigenvalue weighted by Crippen LogP contribution is -2.13. The zero-order valence-electron chi connectivity index (χ0n) is 12.6. The third-order valence-corrected chi connectivity index (χ3v) is 4.45. The summed E-state index contributed by atoms with van der Waals surface area (Å²) in [5.41, 5.74) is 3.43. The molecule has 3 nitrogen and oxygen atoms in total. The number of methoxy groups -OCH3 is 1. The average molecular weight is 290 g/mol. The van der Waals surface area contributed by atoms with Crippen LogP contribution in [0.2, 0.25) is 0 Å². The first-order chi connectivity index (χ1) is 9.65. The van der Waals surface area contributed by atoms with E-state index in [1.165, 1.54) is 4.88 Å². The fourth-order valence-electron chi connectivity index (χ4n) is 2.11. The van der Waals surface area contributed by atoms with Crippen LogP contribution in [0.1, 0.15) is 29.5 Å². The molecule has 2 aromatic rings. The van der Waals surface area contributed by atoms with Crippen molar-refractivity contribution in [3.63, 3.8) is 0 Å². The summed E-state index contributed by atoms with van der Waals surface area (Å²) in [5, 5.41) is 4.52. The summed E-state index contributed by atoms with van der Waals surface area (Å²) in [6.07, 6.45) is 1.16. The zero-order chi connectivity index (χ0) is 14.5. The predicted octanol–water partition coefficient (Wildman–Crippen LogP) is 3.94. The summed E-state index contributed by atoms with van der Waals surface area (Å²) in [7, 11) is 1.70. The zero-order valence-corrected chi connectivity index (χ0v) is 13.4. The summed E-state index contributed by atoms with van der Waals surface area (Å²) >= 11 is 1.77. The second kappa shape index (κ2) is 6.86. The number of hydrogen-bond acceptors (Lipinski definition) is 4. The lowest BCUT2D eigenvalue weighted by atomic mass is 10.1. The molecule has 4 heteroatoms. The number of aromatic nitrogens is 1. The molecule has 0 atom stereocenters. The highest BCUT2D eigenvalue weighted by molar-refractivity contribution is 7.15. The molecular formula is C16H22N2OS. The molecule has 0 saturated carbocycles. The highest BCUT2D eigenvalue weighted by Crippen LogP contribution is 2.30. The molecule has 0 saturated heterocycles. The van der Waals surface area contributed by atoms with E-state index >= 15 is 0 Å².